The molecule has 2 aliphatic rings. The van der Waals surface area contributed by atoms with Crippen molar-refractivity contribution in [3.63, 3.8) is 0 Å². The second-order valence-electron chi connectivity index (χ2n) is 7.49. The van der Waals surface area contributed by atoms with Crippen molar-refractivity contribution in [2.24, 2.45) is 0 Å². The molecule has 0 radical (unpaired) electrons. The van der Waals surface area contributed by atoms with E-state index in [0.717, 1.165) is 26.1 Å². The normalized spacial score (nSPS) is 16.8. The number of ether oxygens (including phenoxy) is 1. The van der Waals surface area contributed by atoms with E-state index in [0.29, 0.717) is 0 Å². The number of nitrogens with zero attached hydrogens (tertiary/aromatic N) is 2. The minimum Gasteiger partial charge on any atom is -0.376 e. The zero-order valence-corrected chi connectivity index (χ0v) is 14.6. The highest BCUT2D eigenvalue weighted by Crippen LogP contribution is 2.26. The first-order chi connectivity index (χ1) is 11.1. The van der Waals surface area contributed by atoms with Gasteiger partial charge in [-0.1, -0.05) is 45.0 Å². The molecule has 0 spiro atoms. The fourth-order valence-electron chi connectivity index (χ4n) is 3.32. The molecule has 3 nitrogen and oxygen atoms in total. The molecule has 0 unspecified atom stereocenters. The van der Waals surface area contributed by atoms with Crippen LogP contribution in [0.1, 0.15) is 56.3 Å². The summed E-state index contributed by atoms with van der Waals surface area (Å²) in [4.78, 5) is 4.49. The predicted molar refractivity (Wildman–Crippen MR) is 93.7 cm³/mol. The average molecular weight is 312 g/mol. The zero-order chi connectivity index (χ0) is 16.3. The molecule has 3 heterocycles. The molecule has 0 N–H and O–H groups in total. The Bertz CT molecular complexity index is 627. The van der Waals surface area contributed by atoms with Crippen LogP contribution < -0.4 is 0 Å². The maximum atomic E-state index is 5.30. The summed E-state index contributed by atoms with van der Waals surface area (Å²) < 4.78 is 7.70. The van der Waals surface area contributed by atoms with E-state index in [4.69, 9.17) is 4.74 Å². The van der Waals surface area contributed by atoms with Crippen LogP contribution in [0.25, 0.3) is 0 Å². The van der Waals surface area contributed by atoms with Crippen LogP contribution in [0.4, 0.5) is 0 Å². The van der Waals surface area contributed by atoms with Crippen molar-refractivity contribution in [1.82, 2.24) is 9.55 Å². The van der Waals surface area contributed by atoms with E-state index in [1.54, 1.807) is 0 Å². The Labute approximate surface area is 139 Å². The van der Waals surface area contributed by atoms with Gasteiger partial charge in [0.25, 0.3) is 0 Å². The molecule has 0 fully saturated rings. The lowest BCUT2D eigenvalue weighted by Crippen LogP contribution is -2.21. The Morgan fingerprint density at radius 3 is 2.57 bits per heavy atom. The lowest BCUT2D eigenvalue weighted by atomic mass is 9.92. The van der Waals surface area contributed by atoms with Crippen molar-refractivity contribution in [2.45, 2.75) is 65.0 Å². The van der Waals surface area contributed by atoms with E-state index < -0.39 is 0 Å². The van der Waals surface area contributed by atoms with Gasteiger partial charge in [-0.3, -0.25) is 0 Å². The van der Waals surface area contributed by atoms with Gasteiger partial charge in [0.2, 0.25) is 0 Å². The first-order valence-electron chi connectivity index (χ1n) is 8.75. The Hall–Kier alpha value is -1.61. The fraction of sp³-hybridized carbons (Fsp3) is 0.550. The van der Waals surface area contributed by atoms with Crippen molar-refractivity contribution in [3.8, 4) is 0 Å². The van der Waals surface area contributed by atoms with Crippen LogP contribution in [-0.4, -0.2) is 16.2 Å². The van der Waals surface area contributed by atoms with Gasteiger partial charge in [0.15, 0.2) is 0 Å². The Morgan fingerprint density at radius 1 is 1.04 bits per heavy atom. The van der Waals surface area contributed by atoms with E-state index in [1.807, 2.05) is 0 Å². The van der Waals surface area contributed by atoms with Gasteiger partial charge in [0.1, 0.15) is 5.82 Å². The van der Waals surface area contributed by atoms with Crippen LogP contribution in [0.15, 0.2) is 30.5 Å². The summed E-state index contributed by atoms with van der Waals surface area (Å²) in [5, 5.41) is 0. The Morgan fingerprint density at radius 2 is 1.83 bits per heavy atom. The van der Waals surface area contributed by atoms with Crippen LogP contribution in [0, 0.1) is 0 Å². The summed E-state index contributed by atoms with van der Waals surface area (Å²) in [5.41, 5.74) is 4.44. The van der Waals surface area contributed by atoms with Crippen LogP contribution in [-0.2, 0) is 36.1 Å². The molecule has 0 saturated carbocycles. The summed E-state index contributed by atoms with van der Waals surface area (Å²) in [6.07, 6.45) is 6.92. The average Bonchev–Trinajstić information content (AvgIpc) is 3.00. The van der Waals surface area contributed by atoms with Gasteiger partial charge in [-0.25, -0.2) is 4.98 Å². The van der Waals surface area contributed by atoms with Gasteiger partial charge in [-0.15, -0.1) is 0 Å². The van der Waals surface area contributed by atoms with Crippen molar-refractivity contribution >= 4 is 0 Å². The first-order valence-corrected chi connectivity index (χ1v) is 8.75. The fourth-order valence-corrected chi connectivity index (χ4v) is 3.32. The quantitative estimate of drug-likeness (QED) is 0.726. The number of aryl methyl sites for hydroxylation is 1. The third kappa shape index (κ3) is 3.84. The molecule has 2 aromatic rings. The smallest absolute Gasteiger partial charge is 0.108 e. The molecular formula is C20H28N2O. The number of rotatable bonds is 0. The minimum absolute atomic E-state index is 0.239. The standard InChI is InChI=1S/C11H18N2.C9H10O/c1-11(2,3)9-8-12-10-6-4-5-7-13(9)10;1-2-4-9-7-10-6-5-8(9)3-1/h8H,4-7H2,1-3H3;1-4H,5-7H2. The van der Waals surface area contributed by atoms with Crippen LogP contribution in [0.2, 0.25) is 0 Å². The number of aromatic nitrogens is 2. The van der Waals surface area contributed by atoms with Crippen LogP contribution >= 0.6 is 0 Å². The van der Waals surface area contributed by atoms with Gasteiger partial charge < -0.3 is 9.30 Å². The van der Waals surface area contributed by atoms with E-state index >= 15 is 0 Å². The zero-order valence-electron chi connectivity index (χ0n) is 14.6. The van der Waals surface area contributed by atoms with E-state index in [-0.39, 0.29) is 5.41 Å². The van der Waals surface area contributed by atoms with Gasteiger partial charge in [0.05, 0.1) is 13.2 Å². The van der Waals surface area contributed by atoms with Crippen molar-refractivity contribution in [1.29, 1.82) is 0 Å². The molecule has 1 aromatic heterocycles. The van der Waals surface area contributed by atoms with Gasteiger partial charge in [-0.05, 0) is 30.4 Å². The first kappa shape index (κ1) is 16.3. The van der Waals surface area contributed by atoms with E-state index in [2.05, 4.69) is 60.8 Å². The number of hydrogen-bond donors (Lipinski definition) is 0. The molecule has 23 heavy (non-hydrogen) atoms. The van der Waals surface area contributed by atoms with Gasteiger partial charge in [-0.2, -0.15) is 0 Å². The topological polar surface area (TPSA) is 27.1 Å². The molecule has 4 rings (SSSR count). The molecule has 124 valence electrons. The maximum Gasteiger partial charge on any atom is 0.108 e. The molecule has 0 bridgehead atoms. The van der Waals surface area contributed by atoms with Crippen LogP contribution in [0.5, 0.6) is 0 Å². The third-order valence-corrected chi connectivity index (χ3v) is 4.63. The molecular weight excluding hydrogens is 284 g/mol. The molecule has 2 aliphatic heterocycles. The van der Waals surface area contributed by atoms with E-state index in [1.165, 1.54) is 42.0 Å². The largest absolute Gasteiger partial charge is 0.376 e. The van der Waals surface area contributed by atoms with Gasteiger partial charge >= 0.3 is 0 Å². The summed E-state index contributed by atoms with van der Waals surface area (Å²) in [5.74, 6) is 1.29. The summed E-state index contributed by atoms with van der Waals surface area (Å²) >= 11 is 0. The highest BCUT2D eigenvalue weighted by atomic mass is 16.5. The SMILES string of the molecule is CC(C)(C)c1cnc2n1CCCC2.c1ccc2c(c1)CCOC2. The van der Waals surface area contributed by atoms with Crippen molar-refractivity contribution < 1.29 is 4.74 Å². The second kappa shape index (κ2) is 6.88. The Kier molecular flexibility index (Phi) is 4.86. The summed E-state index contributed by atoms with van der Waals surface area (Å²) in [6.45, 7) is 9.62. The number of fused-ring (bicyclic) bond motifs is 2. The lowest BCUT2D eigenvalue weighted by molar-refractivity contribution is 0.111. The highest BCUT2D eigenvalue weighted by Gasteiger charge is 2.22. The maximum absolute atomic E-state index is 5.30. The molecule has 3 heteroatoms. The minimum atomic E-state index is 0.239. The third-order valence-electron chi connectivity index (χ3n) is 4.63. The van der Waals surface area contributed by atoms with Gasteiger partial charge in [0, 0.05) is 30.3 Å². The number of imidazole rings is 1. The molecule has 1 aromatic carbocycles. The summed E-state index contributed by atoms with van der Waals surface area (Å²) in [7, 11) is 0. The molecule has 0 amide bonds. The highest BCUT2D eigenvalue weighted by molar-refractivity contribution is 5.27. The number of hydrogen-bond acceptors (Lipinski definition) is 2. The lowest BCUT2D eigenvalue weighted by Gasteiger charge is -2.24. The predicted octanol–water partition coefficient (Wildman–Crippen LogP) is 4.28. The Balaban J connectivity index is 0.000000140. The monoisotopic (exact) mass is 312 g/mol. The van der Waals surface area contributed by atoms with Crippen LogP contribution in [0.3, 0.4) is 0 Å². The molecule has 0 saturated heterocycles. The molecule has 0 aliphatic carbocycles. The second-order valence-corrected chi connectivity index (χ2v) is 7.49. The van der Waals surface area contributed by atoms with E-state index in [9.17, 15) is 0 Å². The summed E-state index contributed by atoms with van der Waals surface area (Å²) in [6, 6.07) is 8.46. The van der Waals surface area contributed by atoms with Crippen molar-refractivity contribution in [2.75, 3.05) is 6.61 Å². The number of benzene rings is 1. The van der Waals surface area contributed by atoms with Crippen molar-refractivity contribution in [3.05, 3.63) is 53.1 Å². The molecule has 0 atom stereocenters.